The van der Waals surface area contributed by atoms with Crippen molar-refractivity contribution in [2.24, 2.45) is 5.41 Å². The second-order valence-electron chi connectivity index (χ2n) is 7.18. The summed E-state index contributed by atoms with van der Waals surface area (Å²) < 4.78 is 0. The molecule has 5 nitrogen and oxygen atoms in total. The van der Waals surface area contributed by atoms with Gasteiger partial charge in [0.25, 0.3) is 0 Å². The van der Waals surface area contributed by atoms with Crippen LogP contribution >= 0.6 is 12.4 Å². The first-order valence-electron chi connectivity index (χ1n) is 8.89. The molecule has 1 aromatic carbocycles. The number of hydrogen-bond donors (Lipinski definition) is 2. The monoisotopic (exact) mass is 365 g/mol. The van der Waals surface area contributed by atoms with E-state index in [4.69, 9.17) is 0 Å². The van der Waals surface area contributed by atoms with Crippen LogP contribution in [0.25, 0.3) is 0 Å². The average molecular weight is 366 g/mol. The van der Waals surface area contributed by atoms with E-state index in [1.54, 1.807) is 0 Å². The normalized spacial score (nSPS) is 20.0. The average Bonchev–Trinajstić information content (AvgIpc) is 3.03. The van der Waals surface area contributed by atoms with E-state index in [9.17, 15) is 9.59 Å². The number of carbonyl (C=O) groups is 2. The fourth-order valence-corrected chi connectivity index (χ4v) is 3.94. The number of amides is 2. The Labute approximate surface area is 155 Å². The summed E-state index contributed by atoms with van der Waals surface area (Å²) >= 11 is 0. The zero-order valence-corrected chi connectivity index (χ0v) is 15.6. The third kappa shape index (κ3) is 4.95. The van der Waals surface area contributed by atoms with Crippen molar-refractivity contribution in [1.82, 2.24) is 15.5 Å². The molecular formula is C19H28ClN3O2. The molecule has 3 rings (SSSR count). The van der Waals surface area contributed by atoms with Crippen LogP contribution < -0.4 is 10.6 Å². The minimum Gasteiger partial charge on any atom is -0.349 e. The van der Waals surface area contributed by atoms with Crippen molar-refractivity contribution in [2.45, 2.75) is 38.6 Å². The Balaban J connectivity index is 0.00000225. The Hall–Kier alpha value is -1.59. The van der Waals surface area contributed by atoms with Crippen molar-refractivity contribution in [2.75, 3.05) is 26.2 Å². The molecular weight excluding hydrogens is 338 g/mol. The van der Waals surface area contributed by atoms with E-state index in [-0.39, 0.29) is 30.3 Å². The fourth-order valence-electron chi connectivity index (χ4n) is 3.94. The van der Waals surface area contributed by atoms with Gasteiger partial charge >= 0.3 is 0 Å². The van der Waals surface area contributed by atoms with Gasteiger partial charge in [0.2, 0.25) is 11.8 Å². The van der Waals surface area contributed by atoms with Crippen LogP contribution in [0.3, 0.4) is 0 Å². The van der Waals surface area contributed by atoms with Crippen molar-refractivity contribution in [1.29, 1.82) is 0 Å². The largest absolute Gasteiger partial charge is 0.349 e. The number of piperidine rings is 1. The Morgan fingerprint density at radius 2 is 1.88 bits per heavy atom. The molecule has 1 spiro atoms. The van der Waals surface area contributed by atoms with Gasteiger partial charge in [-0.15, -0.1) is 12.4 Å². The first-order chi connectivity index (χ1) is 11.6. The maximum absolute atomic E-state index is 12.7. The molecule has 0 aliphatic carbocycles. The van der Waals surface area contributed by atoms with Crippen LogP contribution in [0, 0.1) is 5.41 Å². The molecule has 0 radical (unpaired) electrons. The first kappa shape index (κ1) is 19.7. The number of nitrogens with one attached hydrogen (secondary N) is 2. The zero-order valence-electron chi connectivity index (χ0n) is 14.8. The van der Waals surface area contributed by atoms with E-state index in [0.29, 0.717) is 11.8 Å². The number of rotatable bonds is 4. The van der Waals surface area contributed by atoms with Crippen LogP contribution in [0.5, 0.6) is 0 Å². The van der Waals surface area contributed by atoms with Gasteiger partial charge in [0.1, 0.15) is 0 Å². The molecule has 2 heterocycles. The van der Waals surface area contributed by atoms with E-state index in [0.717, 1.165) is 44.6 Å². The topological polar surface area (TPSA) is 61.4 Å². The van der Waals surface area contributed by atoms with Gasteiger partial charge in [-0.1, -0.05) is 30.3 Å². The number of carbonyl (C=O) groups excluding carboxylic acids is 2. The summed E-state index contributed by atoms with van der Waals surface area (Å²) in [5.74, 6) is 0.0321. The molecule has 2 fully saturated rings. The molecule has 2 aliphatic heterocycles. The second kappa shape index (κ2) is 8.68. The lowest BCUT2D eigenvalue weighted by Gasteiger charge is -2.39. The van der Waals surface area contributed by atoms with Crippen LogP contribution in [0.1, 0.15) is 44.2 Å². The van der Waals surface area contributed by atoms with E-state index in [1.165, 1.54) is 13.3 Å². The number of hydrogen-bond acceptors (Lipinski definition) is 3. The van der Waals surface area contributed by atoms with Crippen LogP contribution in [-0.4, -0.2) is 42.9 Å². The van der Waals surface area contributed by atoms with Crippen LogP contribution in [-0.2, 0) is 9.59 Å². The Bertz CT molecular complexity index is 578. The van der Waals surface area contributed by atoms with E-state index >= 15 is 0 Å². The summed E-state index contributed by atoms with van der Waals surface area (Å²) in [4.78, 5) is 26.2. The predicted molar refractivity (Wildman–Crippen MR) is 101 cm³/mol. The van der Waals surface area contributed by atoms with Crippen molar-refractivity contribution in [3.63, 3.8) is 0 Å². The van der Waals surface area contributed by atoms with E-state index in [2.05, 4.69) is 10.6 Å². The maximum atomic E-state index is 12.7. The molecule has 2 N–H and O–H groups in total. The van der Waals surface area contributed by atoms with Gasteiger partial charge in [0, 0.05) is 26.6 Å². The predicted octanol–water partition coefficient (Wildman–Crippen LogP) is 2.28. The van der Waals surface area contributed by atoms with Crippen LogP contribution in [0.15, 0.2) is 30.3 Å². The number of likely N-dealkylation sites (tertiary alicyclic amines) is 1. The van der Waals surface area contributed by atoms with E-state index in [1.807, 2.05) is 35.2 Å². The Kier molecular flexibility index (Phi) is 6.85. The maximum Gasteiger partial charge on any atom is 0.224 e. The van der Waals surface area contributed by atoms with Crippen molar-refractivity contribution >= 4 is 24.2 Å². The Morgan fingerprint density at radius 1 is 1.20 bits per heavy atom. The van der Waals surface area contributed by atoms with Gasteiger partial charge in [-0.2, -0.15) is 0 Å². The number of nitrogens with zero attached hydrogens (tertiary/aromatic N) is 1. The van der Waals surface area contributed by atoms with Gasteiger partial charge in [0.05, 0.1) is 12.5 Å². The lowest BCUT2D eigenvalue weighted by Crippen LogP contribution is -2.45. The molecule has 0 bridgehead atoms. The number of benzene rings is 1. The summed E-state index contributed by atoms with van der Waals surface area (Å²) in [7, 11) is 0. The summed E-state index contributed by atoms with van der Waals surface area (Å²) in [6, 6.07) is 9.49. The minimum absolute atomic E-state index is 0. The molecule has 0 saturated carbocycles. The minimum atomic E-state index is -0.250. The molecule has 0 aromatic heterocycles. The van der Waals surface area contributed by atoms with Crippen LogP contribution in [0.4, 0.5) is 0 Å². The number of halogens is 1. The lowest BCUT2D eigenvalue weighted by atomic mass is 9.78. The molecule has 2 aliphatic rings. The molecule has 1 atom stereocenters. The summed E-state index contributed by atoms with van der Waals surface area (Å²) in [6.45, 7) is 5.36. The second-order valence-corrected chi connectivity index (χ2v) is 7.18. The Morgan fingerprint density at radius 3 is 2.44 bits per heavy atom. The quantitative estimate of drug-likeness (QED) is 0.860. The van der Waals surface area contributed by atoms with Gasteiger partial charge in [0.15, 0.2) is 0 Å². The van der Waals surface area contributed by atoms with Gasteiger partial charge in [-0.25, -0.2) is 0 Å². The van der Waals surface area contributed by atoms with Crippen LogP contribution in [0.2, 0.25) is 0 Å². The van der Waals surface area contributed by atoms with Gasteiger partial charge in [-0.3, -0.25) is 9.59 Å². The fraction of sp³-hybridized carbons (Fsp3) is 0.579. The lowest BCUT2D eigenvalue weighted by molar-refractivity contribution is -0.134. The molecule has 2 saturated heterocycles. The highest BCUT2D eigenvalue weighted by atomic mass is 35.5. The smallest absolute Gasteiger partial charge is 0.224 e. The first-order valence-corrected chi connectivity index (χ1v) is 8.89. The van der Waals surface area contributed by atoms with E-state index < -0.39 is 0 Å². The van der Waals surface area contributed by atoms with Gasteiger partial charge < -0.3 is 15.5 Å². The van der Waals surface area contributed by atoms with Crippen molar-refractivity contribution < 1.29 is 9.59 Å². The van der Waals surface area contributed by atoms with Crippen molar-refractivity contribution in [3.05, 3.63) is 35.9 Å². The third-order valence-corrected chi connectivity index (χ3v) is 5.47. The summed E-state index contributed by atoms with van der Waals surface area (Å²) in [5.41, 5.74) is 1.39. The highest BCUT2D eigenvalue weighted by Gasteiger charge is 2.38. The standard InChI is InChI=1S/C19H27N3O2.ClH/c1-15(23)21-17(16-5-3-2-4-6-16)13-18(24)22-11-8-19(9-12-22)7-10-20-14-19;/h2-6,17,20H,7-14H2,1H3,(H,21,23);1H. The third-order valence-electron chi connectivity index (χ3n) is 5.47. The highest BCUT2D eigenvalue weighted by molar-refractivity contribution is 5.85. The zero-order chi connectivity index (χ0) is 17.0. The molecule has 1 aromatic rings. The molecule has 6 heteroatoms. The summed E-state index contributed by atoms with van der Waals surface area (Å²) in [6.07, 6.45) is 3.73. The highest BCUT2D eigenvalue weighted by Crippen LogP contribution is 2.37. The van der Waals surface area contributed by atoms with Gasteiger partial charge in [-0.05, 0) is 36.8 Å². The van der Waals surface area contributed by atoms with Crippen molar-refractivity contribution in [3.8, 4) is 0 Å². The molecule has 2 amide bonds. The molecule has 25 heavy (non-hydrogen) atoms. The molecule has 138 valence electrons. The summed E-state index contributed by atoms with van der Waals surface area (Å²) in [5, 5.41) is 6.37. The molecule has 1 unspecified atom stereocenters. The SMILES string of the molecule is CC(=O)NC(CC(=O)N1CCC2(CCNC2)CC1)c1ccccc1.Cl.